The van der Waals surface area contributed by atoms with Crippen LogP contribution >= 0.6 is 12.2 Å². The molecule has 3 N–H and O–H groups in total. The number of rotatable bonds is 6. The predicted molar refractivity (Wildman–Crippen MR) is 85.6 cm³/mol. The Morgan fingerprint density at radius 1 is 1.19 bits per heavy atom. The summed E-state index contributed by atoms with van der Waals surface area (Å²) in [5.74, 6) is 1.44. The van der Waals surface area contributed by atoms with Crippen molar-refractivity contribution in [2.24, 2.45) is 5.73 Å². The summed E-state index contributed by atoms with van der Waals surface area (Å²) in [4.78, 5) is 0.339. The molecule has 0 amide bonds. The summed E-state index contributed by atoms with van der Waals surface area (Å²) < 4.78 is 11.0. The third-order valence-electron chi connectivity index (χ3n) is 3.07. The number of hydrogen-bond donors (Lipinski definition) is 2. The molecule has 0 aliphatic rings. The van der Waals surface area contributed by atoms with Gasteiger partial charge < -0.3 is 20.3 Å². The van der Waals surface area contributed by atoms with E-state index >= 15 is 0 Å². The lowest BCUT2D eigenvalue weighted by atomic mass is 10.1. The molecule has 0 saturated heterocycles. The highest BCUT2D eigenvalue weighted by Crippen LogP contribution is 2.22. The topological polar surface area (TPSA) is 64.7 Å². The van der Waals surface area contributed by atoms with E-state index in [2.05, 4.69) is 0 Å². The lowest BCUT2D eigenvalue weighted by Gasteiger charge is -2.12. The largest absolute Gasteiger partial charge is 0.496 e. The average Bonchev–Trinajstić information content (AvgIpc) is 2.53. The molecule has 0 spiro atoms. The van der Waals surface area contributed by atoms with Gasteiger partial charge in [0.15, 0.2) is 0 Å². The second-order valence-electron chi connectivity index (χ2n) is 4.48. The van der Waals surface area contributed by atoms with Gasteiger partial charge in [0.25, 0.3) is 0 Å². The minimum Gasteiger partial charge on any atom is -0.496 e. The number of ether oxygens (including phenoxy) is 2. The molecule has 0 aliphatic heterocycles. The van der Waals surface area contributed by atoms with Gasteiger partial charge in [-0.25, -0.2) is 0 Å². The number of hydrogen-bond acceptors (Lipinski definition) is 4. The van der Waals surface area contributed by atoms with Crippen molar-refractivity contribution in [3.63, 3.8) is 0 Å². The van der Waals surface area contributed by atoms with Gasteiger partial charge in [-0.3, -0.25) is 0 Å². The number of aliphatic hydroxyl groups is 1. The molecular weight excluding hydrogens is 286 g/mol. The first-order chi connectivity index (χ1) is 10.1. The summed E-state index contributed by atoms with van der Waals surface area (Å²) in [6.07, 6.45) is 0. The molecule has 0 fully saturated rings. The van der Waals surface area contributed by atoms with Gasteiger partial charge in [0.1, 0.15) is 23.1 Å². The minimum absolute atomic E-state index is 0.0179. The van der Waals surface area contributed by atoms with E-state index in [0.717, 1.165) is 28.2 Å². The predicted octanol–water partition coefficient (Wildman–Crippen LogP) is 2.40. The minimum atomic E-state index is 0.0179. The molecule has 0 aliphatic carbocycles. The maximum absolute atomic E-state index is 9.01. The van der Waals surface area contributed by atoms with Crippen LogP contribution in [0.2, 0.25) is 0 Å². The number of aliphatic hydroxyl groups excluding tert-OH is 1. The van der Waals surface area contributed by atoms with Crippen molar-refractivity contribution >= 4 is 17.2 Å². The maximum Gasteiger partial charge on any atom is 0.125 e. The van der Waals surface area contributed by atoms with Crippen LogP contribution in [0.1, 0.15) is 16.7 Å². The monoisotopic (exact) mass is 303 g/mol. The second-order valence-corrected chi connectivity index (χ2v) is 4.92. The molecule has 0 atom stereocenters. The van der Waals surface area contributed by atoms with Crippen molar-refractivity contribution in [3.05, 3.63) is 59.2 Å². The summed E-state index contributed by atoms with van der Waals surface area (Å²) in [6.45, 7) is 0.363. The molecule has 4 nitrogen and oxygen atoms in total. The molecule has 21 heavy (non-hydrogen) atoms. The Kier molecular flexibility index (Phi) is 5.14. The zero-order valence-electron chi connectivity index (χ0n) is 11.7. The standard InChI is InChI=1S/C16H17NO3S/c1-19-15-7-4-12(16(17)21)8-13(15)10-20-14-5-2-11(9-18)3-6-14/h2-8,18H,9-10H2,1H3,(H2,17,21). The highest BCUT2D eigenvalue weighted by atomic mass is 32.1. The van der Waals surface area contributed by atoms with Crippen LogP contribution in [0.15, 0.2) is 42.5 Å². The van der Waals surface area contributed by atoms with Crippen LogP contribution in [0.3, 0.4) is 0 Å². The number of thiocarbonyl (C=S) groups is 1. The molecule has 2 aromatic carbocycles. The second kappa shape index (κ2) is 7.06. The Hall–Kier alpha value is -2.11. The molecule has 0 radical (unpaired) electrons. The molecule has 2 rings (SSSR count). The van der Waals surface area contributed by atoms with Crippen LogP contribution < -0.4 is 15.2 Å². The third-order valence-corrected chi connectivity index (χ3v) is 3.30. The average molecular weight is 303 g/mol. The highest BCUT2D eigenvalue weighted by molar-refractivity contribution is 7.80. The zero-order valence-corrected chi connectivity index (χ0v) is 12.5. The van der Waals surface area contributed by atoms with Crippen molar-refractivity contribution in [2.45, 2.75) is 13.2 Å². The summed E-state index contributed by atoms with van der Waals surface area (Å²) in [5.41, 5.74) is 8.13. The van der Waals surface area contributed by atoms with E-state index in [4.69, 9.17) is 32.5 Å². The molecule has 5 heteroatoms. The smallest absolute Gasteiger partial charge is 0.125 e. The molecule has 0 saturated carbocycles. The first-order valence-corrected chi connectivity index (χ1v) is 6.84. The van der Waals surface area contributed by atoms with Gasteiger partial charge in [0.05, 0.1) is 13.7 Å². The van der Waals surface area contributed by atoms with E-state index in [0.29, 0.717) is 11.6 Å². The van der Waals surface area contributed by atoms with Gasteiger partial charge in [-0.15, -0.1) is 0 Å². The SMILES string of the molecule is COc1ccc(C(N)=S)cc1COc1ccc(CO)cc1. The van der Waals surface area contributed by atoms with Crippen LogP contribution in [0.5, 0.6) is 11.5 Å². The Labute approximate surface area is 129 Å². The van der Waals surface area contributed by atoms with E-state index in [9.17, 15) is 0 Å². The Morgan fingerprint density at radius 2 is 1.90 bits per heavy atom. The number of nitrogens with two attached hydrogens (primary N) is 1. The van der Waals surface area contributed by atoms with Crippen LogP contribution in [0, 0.1) is 0 Å². The molecule has 0 aromatic heterocycles. The highest BCUT2D eigenvalue weighted by Gasteiger charge is 2.07. The van der Waals surface area contributed by atoms with E-state index in [1.165, 1.54) is 0 Å². The molecule has 0 unspecified atom stereocenters. The van der Waals surface area contributed by atoms with E-state index in [1.54, 1.807) is 7.11 Å². The fourth-order valence-corrected chi connectivity index (χ4v) is 2.02. The van der Waals surface area contributed by atoms with E-state index < -0.39 is 0 Å². The lowest BCUT2D eigenvalue weighted by molar-refractivity contribution is 0.280. The van der Waals surface area contributed by atoms with Gasteiger partial charge in [0, 0.05) is 11.1 Å². The van der Waals surface area contributed by atoms with Crippen LogP contribution in [0.4, 0.5) is 0 Å². The van der Waals surface area contributed by atoms with Gasteiger partial charge in [-0.2, -0.15) is 0 Å². The van der Waals surface area contributed by atoms with E-state index in [-0.39, 0.29) is 6.61 Å². The van der Waals surface area contributed by atoms with Gasteiger partial charge in [-0.1, -0.05) is 24.4 Å². The fourth-order valence-electron chi connectivity index (χ4n) is 1.90. The van der Waals surface area contributed by atoms with Crippen molar-refractivity contribution < 1.29 is 14.6 Å². The van der Waals surface area contributed by atoms with Crippen molar-refractivity contribution in [1.29, 1.82) is 0 Å². The van der Waals surface area contributed by atoms with Crippen molar-refractivity contribution in [3.8, 4) is 11.5 Å². The Balaban J connectivity index is 2.13. The zero-order chi connectivity index (χ0) is 15.2. The Morgan fingerprint density at radius 3 is 2.48 bits per heavy atom. The molecular formula is C16H17NO3S. The normalized spacial score (nSPS) is 10.2. The Bertz CT molecular complexity index is 626. The van der Waals surface area contributed by atoms with Gasteiger partial charge in [-0.05, 0) is 35.9 Å². The summed E-state index contributed by atoms with van der Waals surface area (Å²) in [6, 6.07) is 12.8. The van der Waals surface area contributed by atoms with Gasteiger partial charge >= 0.3 is 0 Å². The van der Waals surface area contributed by atoms with Crippen LogP contribution in [-0.4, -0.2) is 17.2 Å². The quantitative estimate of drug-likeness (QED) is 0.802. The lowest BCUT2D eigenvalue weighted by Crippen LogP contribution is -2.10. The van der Waals surface area contributed by atoms with Crippen molar-refractivity contribution in [2.75, 3.05) is 7.11 Å². The molecule has 2 aromatic rings. The molecule has 0 bridgehead atoms. The maximum atomic E-state index is 9.01. The molecule has 0 heterocycles. The first-order valence-electron chi connectivity index (χ1n) is 6.43. The first kappa shape index (κ1) is 15.3. The fraction of sp³-hybridized carbons (Fsp3) is 0.188. The van der Waals surface area contributed by atoms with Crippen molar-refractivity contribution in [1.82, 2.24) is 0 Å². The number of benzene rings is 2. The van der Waals surface area contributed by atoms with Crippen LogP contribution in [0.25, 0.3) is 0 Å². The van der Waals surface area contributed by atoms with Crippen LogP contribution in [-0.2, 0) is 13.2 Å². The third kappa shape index (κ3) is 3.93. The summed E-state index contributed by atoms with van der Waals surface area (Å²) in [7, 11) is 1.61. The summed E-state index contributed by atoms with van der Waals surface area (Å²) >= 11 is 4.98. The van der Waals surface area contributed by atoms with Gasteiger partial charge in [0.2, 0.25) is 0 Å². The molecule has 110 valence electrons. The number of methoxy groups -OCH3 is 1. The summed E-state index contributed by atoms with van der Waals surface area (Å²) in [5, 5.41) is 9.01. The van der Waals surface area contributed by atoms with E-state index in [1.807, 2.05) is 42.5 Å².